The van der Waals surface area contributed by atoms with Crippen LogP contribution in [0, 0.1) is 0 Å². The van der Waals surface area contributed by atoms with Crippen LogP contribution in [0.3, 0.4) is 0 Å². The van der Waals surface area contributed by atoms with Gasteiger partial charge in [0.25, 0.3) is 0 Å². The van der Waals surface area contributed by atoms with Crippen molar-refractivity contribution in [3.8, 4) is 5.75 Å². The van der Waals surface area contributed by atoms with E-state index in [0.717, 1.165) is 45.0 Å². The van der Waals surface area contributed by atoms with Crippen LogP contribution in [0.4, 0.5) is 0 Å². The minimum atomic E-state index is 0.358. The molecule has 2 rings (SSSR count). The summed E-state index contributed by atoms with van der Waals surface area (Å²) in [5.74, 6) is 0.358. The third-order valence-corrected chi connectivity index (χ3v) is 3.86. The van der Waals surface area contributed by atoms with Crippen LogP contribution in [-0.2, 0) is 12.8 Å². The SMILES string of the molecule is CCCN(C/C=C/O)[C@@H]1CCc2ccc(O)cc2C1. The minimum absolute atomic E-state index is 0.358. The normalized spacial score (nSPS) is 18.9. The third-order valence-electron chi connectivity index (χ3n) is 3.86. The Labute approximate surface area is 115 Å². The number of phenolic OH excluding ortho intramolecular Hbond substituents is 1. The predicted molar refractivity (Wildman–Crippen MR) is 77.6 cm³/mol. The number of aryl methyl sites for hydroxylation is 1. The summed E-state index contributed by atoms with van der Waals surface area (Å²) in [6, 6.07) is 6.22. The summed E-state index contributed by atoms with van der Waals surface area (Å²) in [5.41, 5.74) is 2.63. The first-order chi connectivity index (χ1) is 9.24. The molecule has 0 aromatic heterocycles. The van der Waals surface area contributed by atoms with Crippen molar-refractivity contribution in [2.75, 3.05) is 13.1 Å². The minimum Gasteiger partial charge on any atom is -0.516 e. The van der Waals surface area contributed by atoms with Gasteiger partial charge in [0.1, 0.15) is 5.75 Å². The number of aliphatic hydroxyl groups excluding tert-OH is 1. The molecule has 0 aliphatic heterocycles. The summed E-state index contributed by atoms with van der Waals surface area (Å²) >= 11 is 0. The number of hydrogen-bond donors (Lipinski definition) is 2. The van der Waals surface area contributed by atoms with E-state index in [9.17, 15) is 5.11 Å². The number of aliphatic hydroxyl groups is 1. The molecule has 1 atom stereocenters. The van der Waals surface area contributed by atoms with Crippen molar-refractivity contribution < 1.29 is 10.2 Å². The van der Waals surface area contributed by atoms with Crippen LogP contribution in [0.5, 0.6) is 5.75 Å². The number of nitrogens with zero attached hydrogens (tertiary/aromatic N) is 1. The van der Waals surface area contributed by atoms with Gasteiger partial charge in [-0.05, 0) is 61.6 Å². The average molecular weight is 261 g/mol. The average Bonchev–Trinajstić information content (AvgIpc) is 2.42. The van der Waals surface area contributed by atoms with Crippen LogP contribution in [0.1, 0.15) is 30.9 Å². The van der Waals surface area contributed by atoms with Crippen molar-refractivity contribution in [3.63, 3.8) is 0 Å². The van der Waals surface area contributed by atoms with Gasteiger partial charge in [-0.25, -0.2) is 0 Å². The van der Waals surface area contributed by atoms with Crippen LogP contribution in [-0.4, -0.2) is 34.2 Å². The van der Waals surface area contributed by atoms with E-state index in [2.05, 4.69) is 11.8 Å². The Morgan fingerprint density at radius 3 is 2.95 bits per heavy atom. The van der Waals surface area contributed by atoms with Gasteiger partial charge in [-0.1, -0.05) is 13.0 Å². The number of rotatable bonds is 5. The van der Waals surface area contributed by atoms with Crippen LogP contribution in [0.25, 0.3) is 0 Å². The van der Waals surface area contributed by atoms with Gasteiger partial charge in [0.15, 0.2) is 0 Å². The highest BCUT2D eigenvalue weighted by atomic mass is 16.3. The van der Waals surface area contributed by atoms with Crippen molar-refractivity contribution in [2.24, 2.45) is 0 Å². The summed E-state index contributed by atoms with van der Waals surface area (Å²) in [4.78, 5) is 2.42. The van der Waals surface area contributed by atoms with E-state index in [0.29, 0.717) is 11.8 Å². The van der Waals surface area contributed by atoms with Crippen molar-refractivity contribution in [2.45, 2.75) is 38.6 Å². The molecule has 3 heteroatoms. The molecule has 0 bridgehead atoms. The van der Waals surface area contributed by atoms with E-state index in [1.54, 1.807) is 12.1 Å². The second kappa shape index (κ2) is 6.62. The van der Waals surface area contributed by atoms with Crippen molar-refractivity contribution in [3.05, 3.63) is 41.7 Å². The Kier molecular flexibility index (Phi) is 4.86. The van der Waals surface area contributed by atoms with Gasteiger partial charge in [0, 0.05) is 12.6 Å². The number of hydrogen-bond acceptors (Lipinski definition) is 3. The topological polar surface area (TPSA) is 43.7 Å². The van der Waals surface area contributed by atoms with Gasteiger partial charge in [-0.3, -0.25) is 4.90 Å². The molecular formula is C16H23NO2. The van der Waals surface area contributed by atoms with Crippen LogP contribution in [0.15, 0.2) is 30.5 Å². The lowest BCUT2D eigenvalue weighted by Crippen LogP contribution is -2.40. The van der Waals surface area contributed by atoms with Gasteiger partial charge in [-0.2, -0.15) is 0 Å². The van der Waals surface area contributed by atoms with Crippen molar-refractivity contribution >= 4 is 0 Å². The van der Waals surface area contributed by atoms with Gasteiger partial charge in [-0.15, -0.1) is 0 Å². The fraction of sp³-hybridized carbons (Fsp3) is 0.500. The Morgan fingerprint density at radius 1 is 1.37 bits per heavy atom. The number of phenols is 1. The maximum absolute atomic E-state index is 9.60. The molecule has 19 heavy (non-hydrogen) atoms. The molecule has 0 radical (unpaired) electrons. The van der Waals surface area contributed by atoms with Gasteiger partial charge < -0.3 is 10.2 Å². The number of aromatic hydroxyl groups is 1. The standard InChI is InChI=1S/C16H23NO2/c1-2-8-17(9-3-10-18)15-6-4-13-5-7-16(19)12-14(13)11-15/h3,5,7,10,12,15,18-19H,2,4,6,8-9,11H2,1H3/b10-3+/t15-/m1/s1. The second-order valence-corrected chi connectivity index (χ2v) is 5.23. The van der Waals surface area contributed by atoms with Crippen LogP contribution >= 0.6 is 0 Å². The Balaban J connectivity index is 2.09. The van der Waals surface area contributed by atoms with E-state index in [-0.39, 0.29) is 0 Å². The van der Waals surface area contributed by atoms with E-state index >= 15 is 0 Å². The molecule has 0 fully saturated rings. The maximum atomic E-state index is 9.60. The van der Waals surface area contributed by atoms with Gasteiger partial charge >= 0.3 is 0 Å². The number of benzene rings is 1. The molecule has 104 valence electrons. The zero-order valence-electron chi connectivity index (χ0n) is 11.5. The summed E-state index contributed by atoms with van der Waals surface area (Å²) in [6.45, 7) is 4.02. The molecule has 3 nitrogen and oxygen atoms in total. The predicted octanol–water partition coefficient (Wildman–Crippen LogP) is 3.03. The molecule has 1 aliphatic carbocycles. The molecule has 0 amide bonds. The summed E-state index contributed by atoms with van der Waals surface area (Å²) in [5, 5.41) is 18.4. The first kappa shape index (κ1) is 13.9. The largest absolute Gasteiger partial charge is 0.516 e. The van der Waals surface area contributed by atoms with Crippen molar-refractivity contribution in [1.29, 1.82) is 0 Å². The summed E-state index contributed by atoms with van der Waals surface area (Å²) in [7, 11) is 0. The molecule has 0 saturated carbocycles. The van der Waals surface area contributed by atoms with Gasteiger partial charge in [0.2, 0.25) is 0 Å². The quantitative estimate of drug-likeness (QED) is 0.801. The summed E-state index contributed by atoms with van der Waals surface area (Å²) < 4.78 is 0. The molecule has 1 aromatic rings. The molecule has 1 aliphatic rings. The first-order valence-electron chi connectivity index (χ1n) is 7.08. The van der Waals surface area contributed by atoms with E-state index in [4.69, 9.17) is 5.11 Å². The third kappa shape index (κ3) is 3.51. The first-order valence-corrected chi connectivity index (χ1v) is 7.08. The lowest BCUT2D eigenvalue weighted by Gasteiger charge is -2.34. The van der Waals surface area contributed by atoms with Crippen LogP contribution < -0.4 is 0 Å². The number of fused-ring (bicyclic) bond motifs is 1. The van der Waals surface area contributed by atoms with Crippen molar-refractivity contribution in [1.82, 2.24) is 4.90 Å². The molecule has 0 spiro atoms. The molecule has 0 heterocycles. The van der Waals surface area contributed by atoms with E-state index in [1.807, 2.05) is 12.1 Å². The Hall–Kier alpha value is -1.48. The maximum Gasteiger partial charge on any atom is 0.115 e. The van der Waals surface area contributed by atoms with E-state index < -0.39 is 0 Å². The Bertz CT molecular complexity index is 442. The molecule has 0 unspecified atom stereocenters. The zero-order valence-corrected chi connectivity index (χ0v) is 11.5. The second-order valence-electron chi connectivity index (χ2n) is 5.23. The molecule has 0 saturated heterocycles. The summed E-state index contributed by atoms with van der Waals surface area (Å²) in [6.07, 6.45) is 7.25. The smallest absolute Gasteiger partial charge is 0.115 e. The highest BCUT2D eigenvalue weighted by molar-refractivity contribution is 5.37. The molecule has 2 N–H and O–H groups in total. The molecular weight excluding hydrogens is 238 g/mol. The van der Waals surface area contributed by atoms with E-state index in [1.165, 1.54) is 11.1 Å². The van der Waals surface area contributed by atoms with Crippen LogP contribution in [0.2, 0.25) is 0 Å². The van der Waals surface area contributed by atoms with Gasteiger partial charge in [0.05, 0.1) is 6.26 Å². The zero-order chi connectivity index (χ0) is 13.7. The fourth-order valence-corrected chi connectivity index (χ4v) is 2.93. The monoisotopic (exact) mass is 261 g/mol. The molecule has 1 aromatic carbocycles. The highest BCUT2D eigenvalue weighted by Gasteiger charge is 2.23. The fourth-order valence-electron chi connectivity index (χ4n) is 2.93. The lowest BCUT2D eigenvalue weighted by atomic mass is 9.87. The Morgan fingerprint density at radius 2 is 2.21 bits per heavy atom. The lowest BCUT2D eigenvalue weighted by molar-refractivity contribution is 0.198. The highest BCUT2D eigenvalue weighted by Crippen LogP contribution is 2.27.